The van der Waals surface area contributed by atoms with Crippen molar-refractivity contribution in [1.82, 2.24) is 0 Å². The van der Waals surface area contributed by atoms with Crippen molar-refractivity contribution >= 4 is 7.60 Å². The van der Waals surface area contributed by atoms with Crippen LogP contribution >= 0.6 is 7.60 Å². The zero-order chi connectivity index (χ0) is 21.0. The van der Waals surface area contributed by atoms with E-state index in [1.54, 1.807) is 78.9 Å². The molecule has 0 unspecified atom stereocenters. The Morgan fingerprint density at radius 2 is 1.47 bits per heavy atom. The van der Waals surface area contributed by atoms with Gasteiger partial charge in [0.2, 0.25) is 13.3 Å². The van der Waals surface area contributed by atoms with Crippen LogP contribution in [-0.4, -0.2) is 18.3 Å². The van der Waals surface area contributed by atoms with Crippen molar-refractivity contribution in [1.29, 1.82) is 0 Å². The average molecular weight is 427 g/mol. The van der Waals surface area contributed by atoms with Crippen molar-refractivity contribution < 1.29 is 28.0 Å². The van der Waals surface area contributed by atoms with Crippen molar-refractivity contribution in [3.8, 4) is 23.0 Å². The van der Waals surface area contributed by atoms with Crippen LogP contribution < -0.4 is 18.5 Å². The number of nitrogens with zero attached hydrogens (tertiary/aromatic N) is 1. The van der Waals surface area contributed by atoms with Gasteiger partial charge in [-0.15, -0.1) is 0 Å². The van der Waals surface area contributed by atoms with Crippen molar-refractivity contribution in [2.75, 3.05) is 13.3 Å². The second-order valence-corrected chi connectivity index (χ2v) is 8.56. The number of hydrogen-bond donors (Lipinski definition) is 0. The van der Waals surface area contributed by atoms with Crippen LogP contribution in [0.3, 0.4) is 0 Å². The molecule has 1 atom stereocenters. The van der Waals surface area contributed by atoms with Gasteiger partial charge in [0, 0.05) is 4.92 Å². The minimum atomic E-state index is -4.11. The van der Waals surface area contributed by atoms with E-state index in [0.717, 1.165) is 0 Å². The van der Waals surface area contributed by atoms with E-state index in [9.17, 15) is 14.7 Å². The molecule has 1 heterocycles. The van der Waals surface area contributed by atoms with Crippen molar-refractivity contribution in [2.24, 2.45) is 0 Å². The second-order valence-electron chi connectivity index (χ2n) is 6.49. The van der Waals surface area contributed by atoms with Crippen molar-refractivity contribution in [3.63, 3.8) is 0 Å². The largest absolute Gasteiger partial charge is 0.454 e. The first-order valence-electron chi connectivity index (χ1n) is 9.14. The fourth-order valence-corrected chi connectivity index (χ4v) is 5.03. The summed E-state index contributed by atoms with van der Waals surface area (Å²) in [6.07, 6.45) is 0. The van der Waals surface area contributed by atoms with Gasteiger partial charge in [-0.1, -0.05) is 42.5 Å². The van der Waals surface area contributed by atoms with Gasteiger partial charge in [-0.2, -0.15) is 0 Å². The van der Waals surface area contributed by atoms with Gasteiger partial charge < -0.3 is 18.5 Å². The maximum atomic E-state index is 14.1. The molecule has 0 spiro atoms. The van der Waals surface area contributed by atoms with Gasteiger partial charge in [0.25, 0.3) is 0 Å². The lowest BCUT2D eigenvalue weighted by Gasteiger charge is -2.25. The van der Waals surface area contributed by atoms with Crippen LogP contribution in [0.15, 0.2) is 78.9 Å². The first kappa shape index (κ1) is 19.8. The minimum absolute atomic E-state index is 0.0530. The third-order valence-corrected chi connectivity index (χ3v) is 6.59. The highest BCUT2D eigenvalue weighted by Crippen LogP contribution is 2.60. The molecule has 0 saturated carbocycles. The molecular formula is C21H18NO7P. The van der Waals surface area contributed by atoms with E-state index in [4.69, 9.17) is 18.5 Å². The molecule has 0 radical (unpaired) electrons. The van der Waals surface area contributed by atoms with Gasteiger partial charge in [0.05, 0.1) is 0 Å². The summed E-state index contributed by atoms with van der Waals surface area (Å²) in [7, 11) is -4.11. The Balaban J connectivity index is 1.77. The molecule has 9 heteroatoms. The number of benzene rings is 3. The summed E-state index contributed by atoms with van der Waals surface area (Å²) in [4.78, 5) is 10.9. The molecule has 4 rings (SSSR count). The first-order chi connectivity index (χ1) is 14.5. The summed E-state index contributed by atoms with van der Waals surface area (Å²) in [5.74, 6) is 1.50. The molecule has 154 valence electrons. The Morgan fingerprint density at radius 3 is 2.03 bits per heavy atom. The Kier molecular flexibility index (Phi) is 5.59. The number of hydrogen-bond acceptors (Lipinski definition) is 7. The van der Waals surface area contributed by atoms with Gasteiger partial charge in [-0.25, -0.2) is 4.57 Å². The molecule has 3 aromatic carbocycles. The summed E-state index contributed by atoms with van der Waals surface area (Å²) in [5.41, 5.74) is -0.784. The molecule has 1 aliphatic rings. The fraction of sp³-hybridized carbons (Fsp3) is 0.143. The Hall–Kier alpha value is -3.51. The summed E-state index contributed by atoms with van der Waals surface area (Å²) in [6.45, 7) is -0.603. The standard InChI is InChI=1S/C21H18NO7P/c23-22(24)14-21(16-11-12-19-20(13-16)27-15-26-19)30(25,28-17-7-3-1-4-8-17)29-18-9-5-2-6-10-18/h1-13,21H,14-15H2/t21-/m1/s1. The summed E-state index contributed by atoms with van der Waals surface area (Å²) < 4.78 is 36.4. The highest BCUT2D eigenvalue weighted by molar-refractivity contribution is 7.55. The molecule has 0 amide bonds. The van der Waals surface area contributed by atoms with Gasteiger partial charge >= 0.3 is 7.60 Å². The van der Waals surface area contributed by atoms with Gasteiger partial charge in [0.15, 0.2) is 17.2 Å². The molecule has 0 fully saturated rings. The van der Waals surface area contributed by atoms with Gasteiger partial charge in [-0.05, 0) is 42.0 Å². The number of rotatable bonds is 8. The third-order valence-electron chi connectivity index (χ3n) is 4.44. The lowest BCUT2D eigenvalue weighted by atomic mass is 10.1. The molecule has 0 N–H and O–H groups in total. The molecule has 0 saturated heterocycles. The highest BCUT2D eigenvalue weighted by atomic mass is 31.2. The second kappa shape index (κ2) is 8.47. The molecule has 0 aliphatic carbocycles. The van der Waals surface area contributed by atoms with Crippen molar-refractivity contribution in [2.45, 2.75) is 5.66 Å². The maximum Gasteiger partial charge on any atom is 0.444 e. The summed E-state index contributed by atoms with van der Waals surface area (Å²) >= 11 is 0. The normalized spacial score (nSPS) is 13.5. The average Bonchev–Trinajstić information content (AvgIpc) is 3.21. The third kappa shape index (κ3) is 4.39. The number of fused-ring (bicyclic) bond motifs is 1. The van der Waals surface area contributed by atoms with E-state index in [-0.39, 0.29) is 18.3 Å². The zero-order valence-corrected chi connectivity index (χ0v) is 16.6. The molecule has 0 bridgehead atoms. The van der Waals surface area contributed by atoms with E-state index in [1.807, 2.05) is 0 Å². The predicted molar refractivity (Wildman–Crippen MR) is 109 cm³/mol. The number of nitro groups is 1. The monoisotopic (exact) mass is 427 g/mol. The predicted octanol–water partition coefficient (Wildman–Crippen LogP) is 5.08. The first-order valence-corrected chi connectivity index (χ1v) is 10.7. The highest BCUT2D eigenvalue weighted by Gasteiger charge is 2.44. The molecule has 8 nitrogen and oxygen atoms in total. The maximum absolute atomic E-state index is 14.1. The van der Waals surface area contributed by atoms with E-state index in [0.29, 0.717) is 17.1 Å². The zero-order valence-electron chi connectivity index (χ0n) is 15.7. The molecular weight excluding hydrogens is 409 g/mol. The number of ether oxygens (including phenoxy) is 2. The SMILES string of the molecule is O=[N+]([O-])C[C@H](c1ccc2c(c1)OCO2)P(=O)(Oc1ccccc1)Oc1ccccc1. The summed E-state index contributed by atoms with van der Waals surface area (Å²) in [5, 5.41) is 11.5. The topological polar surface area (TPSA) is 97.1 Å². The van der Waals surface area contributed by atoms with Crippen LogP contribution in [-0.2, 0) is 4.57 Å². The van der Waals surface area contributed by atoms with Crippen LogP contribution in [0.2, 0.25) is 0 Å². The lowest BCUT2D eigenvalue weighted by Crippen LogP contribution is -2.18. The molecule has 3 aromatic rings. The number of para-hydroxylation sites is 2. The van der Waals surface area contributed by atoms with Gasteiger partial charge in [-0.3, -0.25) is 10.1 Å². The quantitative estimate of drug-likeness (QED) is 0.281. The van der Waals surface area contributed by atoms with Crippen LogP contribution in [0.4, 0.5) is 0 Å². The molecule has 0 aromatic heterocycles. The Labute approximate surface area is 172 Å². The van der Waals surface area contributed by atoms with E-state index in [2.05, 4.69) is 0 Å². The Bertz CT molecular complexity index is 1030. The smallest absolute Gasteiger partial charge is 0.444 e. The van der Waals surface area contributed by atoms with E-state index in [1.165, 1.54) is 0 Å². The van der Waals surface area contributed by atoms with Crippen LogP contribution in [0.25, 0.3) is 0 Å². The minimum Gasteiger partial charge on any atom is -0.454 e. The van der Waals surface area contributed by atoms with Crippen LogP contribution in [0.1, 0.15) is 11.2 Å². The molecule has 1 aliphatic heterocycles. The van der Waals surface area contributed by atoms with Crippen LogP contribution in [0, 0.1) is 10.1 Å². The lowest BCUT2D eigenvalue weighted by molar-refractivity contribution is -0.480. The van der Waals surface area contributed by atoms with Crippen molar-refractivity contribution in [3.05, 3.63) is 94.5 Å². The Morgan fingerprint density at radius 1 is 0.900 bits per heavy atom. The van der Waals surface area contributed by atoms with E-state index >= 15 is 0 Å². The van der Waals surface area contributed by atoms with E-state index < -0.39 is 24.7 Å². The summed E-state index contributed by atoms with van der Waals surface area (Å²) in [6, 6.07) is 21.7. The fourth-order valence-electron chi connectivity index (χ4n) is 3.05. The van der Waals surface area contributed by atoms with Gasteiger partial charge in [0.1, 0.15) is 11.5 Å². The molecule has 30 heavy (non-hydrogen) atoms. The van der Waals surface area contributed by atoms with Crippen LogP contribution in [0.5, 0.6) is 23.0 Å².